The van der Waals surface area contributed by atoms with Gasteiger partial charge in [0, 0.05) is 17.9 Å². The monoisotopic (exact) mass is 330 g/mol. The smallest absolute Gasteiger partial charge is 0.330 e. The first kappa shape index (κ1) is 17.6. The van der Waals surface area contributed by atoms with Crippen molar-refractivity contribution in [1.82, 2.24) is 9.88 Å². The van der Waals surface area contributed by atoms with Crippen molar-refractivity contribution in [2.24, 2.45) is 0 Å². The lowest BCUT2D eigenvalue weighted by Gasteiger charge is -2.15. The van der Waals surface area contributed by atoms with E-state index in [1.165, 1.54) is 7.11 Å². The van der Waals surface area contributed by atoms with Gasteiger partial charge in [0.15, 0.2) is 6.04 Å². The molecule has 0 spiro atoms. The Morgan fingerprint density at radius 1 is 1.25 bits per heavy atom. The van der Waals surface area contributed by atoms with Crippen LogP contribution >= 0.6 is 0 Å². The van der Waals surface area contributed by atoms with Gasteiger partial charge in [-0.2, -0.15) is 0 Å². The highest BCUT2D eigenvalue weighted by molar-refractivity contribution is 5.98. The van der Waals surface area contributed by atoms with Crippen LogP contribution in [0.1, 0.15) is 40.3 Å². The molecule has 2 N–H and O–H groups in total. The Labute approximate surface area is 141 Å². The fourth-order valence-electron chi connectivity index (χ4n) is 2.81. The van der Waals surface area contributed by atoms with E-state index in [9.17, 15) is 14.7 Å². The molecule has 0 saturated heterocycles. The molecule has 0 bridgehead atoms. The van der Waals surface area contributed by atoms with Crippen LogP contribution in [0.4, 0.5) is 0 Å². The SMILES string of the molecule is CCn1c(C)cc(C(=O)NC(C(=O)O)c2ccc(OC)cc2)c1C. The largest absolute Gasteiger partial charge is 0.497 e. The average Bonchev–Trinajstić information content (AvgIpc) is 2.86. The van der Waals surface area contributed by atoms with Gasteiger partial charge in [0.1, 0.15) is 5.75 Å². The number of hydrogen-bond donors (Lipinski definition) is 2. The van der Waals surface area contributed by atoms with E-state index < -0.39 is 17.9 Å². The van der Waals surface area contributed by atoms with Crippen LogP contribution in [0.25, 0.3) is 0 Å². The number of carbonyl (C=O) groups is 2. The lowest BCUT2D eigenvalue weighted by molar-refractivity contribution is -0.139. The van der Waals surface area contributed by atoms with Crippen LogP contribution in [0.3, 0.4) is 0 Å². The number of carboxylic acids is 1. The van der Waals surface area contributed by atoms with E-state index in [0.717, 1.165) is 17.9 Å². The van der Waals surface area contributed by atoms with Crippen LogP contribution in [0.2, 0.25) is 0 Å². The Balaban J connectivity index is 2.27. The summed E-state index contributed by atoms with van der Waals surface area (Å²) in [5.74, 6) is -0.885. The second-order valence-electron chi connectivity index (χ2n) is 5.55. The molecule has 24 heavy (non-hydrogen) atoms. The first-order chi connectivity index (χ1) is 11.4. The summed E-state index contributed by atoms with van der Waals surface area (Å²) in [6.07, 6.45) is 0. The van der Waals surface area contributed by atoms with Gasteiger partial charge in [-0.1, -0.05) is 12.1 Å². The molecule has 2 rings (SSSR count). The van der Waals surface area contributed by atoms with Crippen molar-refractivity contribution in [3.8, 4) is 5.75 Å². The minimum Gasteiger partial charge on any atom is -0.497 e. The molecule has 128 valence electrons. The van der Waals surface area contributed by atoms with Crippen LogP contribution < -0.4 is 10.1 Å². The molecule has 6 heteroatoms. The van der Waals surface area contributed by atoms with Crippen molar-refractivity contribution in [3.63, 3.8) is 0 Å². The predicted octanol–water partition coefficient (Wildman–Crippen LogP) is 2.69. The maximum Gasteiger partial charge on any atom is 0.330 e. The highest BCUT2D eigenvalue weighted by Crippen LogP contribution is 2.20. The number of aromatic nitrogens is 1. The number of aliphatic carboxylic acids is 1. The highest BCUT2D eigenvalue weighted by Gasteiger charge is 2.24. The van der Waals surface area contributed by atoms with E-state index in [2.05, 4.69) is 5.32 Å². The van der Waals surface area contributed by atoms with Crippen molar-refractivity contribution in [2.45, 2.75) is 33.4 Å². The summed E-state index contributed by atoms with van der Waals surface area (Å²) in [5.41, 5.74) is 2.78. The highest BCUT2D eigenvalue weighted by atomic mass is 16.5. The average molecular weight is 330 g/mol. The maximum atomic E-state index is 12.5. The van der Waals surface area contributed by atoms with Gasteiger partial charge >= 0.3 is 5.97 Å². The zero-order valence-electron chi connectivity index (χ0n) is 14.3. The van der Waals surface area contributed by atoms with Crippen molar-refractivity contribution in [3.05, 3.63) is 52.8 Å². The number of rotatable bonds is 6. The molecule has 0 radical (unpaired) electrons. The van der Waals surface area contributed by atoms with E-state index in [1.54, 1.807) is 30.3 Å². The molecule has 1 unspecified atom stereocenters. The lowest BCUT2D eigenvalue weighted by Crippen LogP contribution is -2.34. The minimum absolute atomic E-state index is 0.397. The van der Waals surface area contributed by atoms with E-state index in [0.29, 0.717) is 16.9 Å². The fourth-order valence-corrected chi connectivity index (χ4v) is 2.81. The Hall–Kier alpha value is -2.76. The van der Waals surface area contributed by atoms with Gasteiger partial charge in [-0.15, -0.1) is 0 Å². The summed E-state index contributed by atoms with van der Waals surface area (Å²) in [6, 6.07) is 7.26. The molecule has 1 heterocycles. The number of hydrogen-bond acceptors (Lipinski definition) is 3. The molecule has 6 nitrogen and oxygen atoms in total. The number of amides is 1. The van der Waals surface area contributed by atoms with E-state index >= 15 is 0 Å². The van der Waals surface area contributed by atoms with Gasteiger partial charge in [-0.3, -0.25) is 4.79 Å². The van der Waals surface area contributed by atoms with E-state index in [-0.39, 0.29) is 0 Å². The van der Waals surface area contributed by atoms with Gasteiger partial charge < -0.3 is 19.7 Å². The number of methoxy groups -OCH3 is 1. The molecule has 1 amide bonds. The van der Waals surface area contributed by atoms with Crippen molar-refractivity contribution in [1.29, 1.82) is 0 Å². The Morgan fingerprint density at radius 3 is 2.33 bits per heavy atom. The number of benzene rings is 1. The maximum absolute atomic E-state index is 12.5. The van der Waals surface area contributed by atoms with Gasteiger partial charge in [0.25, 0.3) is 5.91 Å². The molecule has 0 saturated carbocycles. The third-order valence-electron chi connectivity index (χ3n) is 4.11. The molecule has 0 aliphatic carbocycles. The summed E-state index contributed by atoms with van der Waals surface area (Å²) in [7, 11) is 1.54. The fraction of sp³-hybridized carbons (Fsp3) is 0.333. The molecular formula is C18H22N2O4. The van der Waals surface area contributed by atoms with Gasteiger partial charge in [-0.25, -0.2) is 4.79 Å². The van der Waals surface area contributed by atoms with Crippen molar-refractivity contribution in [2.75, 3.05) is 7.11 Å². The first-order valence-electron chi connectivity index (χ1n) is 7.73. The zero-order valence-corrected chi connectivity index (χ0v) is 14.3. The van der Waals surface area contributed by atoms with Crippen LogP contribution in [0, 0.1) is 13.8 Å². The summed E-state index contributed by atoms with van der Waals surface area (Å²) >= 11 is 0. The standard InChI is InChI=1S/C18H22N2O4/c1-5-20-11(2)10-15(12(20)3)17(21)19-16(18(22)23)13-6-8-14(24-4)9-7-13/h6-10,16H,5H2,1-4H3,(H,19,21)(H,22,23). The van der Waals surface area contributed by atoms with Crippen LogP contribution in [-0.2, 0) is 11.3 Å². The van der Waals surface area contributed by atoms with Crippen LogP contribution in [-0.4, -0.2) is 28.7 Å². The molecule has 0 fully saturated rings. The molecule has 1 aromatic carbocycles. The molecular weight excluding hydrogens is 308 g/mol. The summed E-state index contributed by atoms with van der Waals surface area (Å²) < 4.78 is 7.08. The Kier molecular flexibility index (Phi) is 5.28. The quantitative estimate of drug-likeness (QED) is 0.853. The topological polar surface area (TPSA) is 80.6 Å². The minimum atomic E-state index is -1.12. The third kappa shape index (κ3) is 3.42. The Morgan fingerprint density at radius 2 is 1.88 bits per heavy atom. The zero-order chi connectivity index (χ0) is 17.9. The van der Waals surface area contributed by atoms with Crippen LogP contribution in [0.15, 0.2) is 30.3 Å². The number of carboxylic acid groups (broad SMARTS) is 1. The predicted molar refractivity (Wildman–Crippen MR) is 90.4 cm³/mol. The lowest BCUT2D eigenvalue weighted by atomic mass is 10.1. The molecule has 1 aromatic heterocycles. The second-order valence-corrected chi connectivity index (χ2v) is 5.55. The normalized spacial score (nSPS) is 11.8. The number of aryl methyl sites for hydroxylation is 1. The van der Waals surface area contributed by atoms with E-state index in [1.807, 2.05) is 25.3 Å². The van der Waals surface area contributed by atoms with Gasteiger partial charge in [-0.05, 0) is 44.5 Å². The van der Waals surface area contributed by atoms with Crippen LogP contribution in [0.5, 0.6) is 5.75 Å². The number of ether oxygens (including phenoxy) is 1. The van der Waals surface area contributed by atoms with Gasteiger partial charge in [0.05, 0.1) is 12.7 Å². The number of nitrogens with zero attached hydrogens (tertiary/aromatic N) is 1. The Bertz CT molecular complexity index is 747. The molecule has 1 atom stereocenters. The molecule has 0 aliphatic rings. The summed E-state index contributed by atoms with van der Waals surface area (Å²) in [5, 5.41) is 12.1. The van der Waals surface area contributed by atoms with E-state index in [4.69, 9.17) is 4.74 Å². The van der Waals surface area contributed by atoms with Crippen molar-refractivity contribution < 1.29 is 19.4 Å². The summed E-state index contributed by atoms with van der Waals surface area (Å²) in [4.78, 5) is 24.1. The number of nitrogens with one attached hydrogen (secondary N) is 1. The second kappa shape index (κ2) is 7.21. The van der Waals surface area contributed by atoms with Crippen molar-refractivity contribution >= 4 is 11.9 Å². The number of carbonyl (C=O) groups excluding carboxylic acids is 1. The molecule has 2 aromatic rings. The third-order valence-corrected chi connectivity index (χ3v) is 4.11. The summed E-state index contributed by atoms with van der Waals surface area (Å²) in [6.45, 7) is 6.53. The first-order valence-corrected chi connectivity index (χ1v) is 7.73. The molecule has 0 aliphatic heterocycles. The van der Waals surface area contributed by atoms with Gasteiger partial charge in [0.2, 0.25) is 0 Å².